The van der Waals surface area contributed by atoms with Gasteiger partial charge in [-0.1, -0.05) is 13.0 Å². The number of carbonyl (C=O) groups excluding carboxylic acids is 2. The number of fused-ring (bicyclic) bond motifs is 1. The molecule has 0 saturated carbocycles. The number of urea groups is 1. The van der Waals surface area contributed by atoms with Crippen molar-refractivity contribution < 1.29 is 9.59 Å². The van der Waals surface area contributed by atoms with Crippen LogP contribution in [0.4, 0.5) is 10.5 Å². The Hall–Kier alpha value is -2.08. The molecule has 2 aliphatic heterocycles. The SMILES string of the molecule is C[C@@H]1CCCN(C(=O)Nc2ccc3c(c2)CN(CC(N)=O)CC3)CC1. The Labute approximate surface area is 149 Å². The molecule has 6 nitrogen and oxygen atoms in total. The van der Waals surface area contributed by atoms with Gasteiger partial charge in [0.15, 0.2) is 0 Å². The number of carbonyl (C=O) groups is 2. The molecule has 0 aromatic heterocycles. The van der Waals surface area contributed by atoms with Crippen molar-refractivity contribution in [3.8, 4) is 0 Å². The van der Waals surface area contributed by atoms with E-state index in [9.17, 15) is 9.59 Å². The molecule has 3 rings (SSSR count). The van der Waals surface area contributed by atoms with Crippen LogP contribution < -0.4 is 11.1 Å². The lowest BCUT2D eigenvalue weighted by atomic mass is 9.99. The van der Waals surface area contributed by atoms with Crippen molar-refractivity contribution in [3.63, 3.8) is 0 Å². The van der Waals surface area contributed by atoms with Crippen LogP contribution in [0.25, 0.3) is 0 Å². The minimum atomic E-state index is -0.303. The fraction of sp³-hybridized carbons (Fsp3) is 0.579. The Morgan fingerprint density at radius 3 is 2.84 bits per heavy atom. The molecule has 2 aliphatic rings. The summed E-state index contributed by atoms with van der Waals surface area (Å²) in [7, 11) is 0. The molecule has 1 saturated heterocycles. The third-order valence-electron chi connectivity index (χ3n) is 5.23. The maximum absolute atomic E-state index is 12.5. The largest absolute Gasteiger partial charge is 0.369 e. The molecule has 2 heterocycles. The molecule has 1 aromatic rings. The maximum atomic E-state index is 12.5. The first kappa shape index (κ1) is 17.7. The van der Waals surface area contributed by atoms with Crippen LogP contribution in [0, 0.1) is 5.92 Å². The van der Waals surface area contributed by atoms with Crippen molar-refractivity contribution in [2.75, 3.05) is 31.5 Å². The van der Waals surface area contributed by atoms with Crippen LogP contribution >= 0.6 is 0 Å². The van der Waals surface area contributed by atoms with Crippen LogP contribution in [0.5, 0.6) is 0 Å². The van der Waals surface area contributed by atoms with Crippen molar-refractivity contribution in [1.29, 1.82) is 0 Å². The number of primary amides is 1. The molecule has 1 aromatic carbocycles. The van der Waals surface area contributed by atoms with Gasteiger partial charge in [0.25, 0.3) is 0 Å². The van der Waals surface area contributed by atoms with E-state index >= 15 is 0 Å². The first-order chi connectivity index (χ1) is 12.0. The Morgan fingerprint density at radius 2 is 2.04 bits per heavy atom. The van der Waals surface area contributed by atoms with E-state index in [0.717, 1.165) is 50.1 Å². The second-order valence-electron chi connectivity index (χ2n) is 7.36. The summed E-state index contributed by atoms with van der Waals surface area (Å²) in [5.41, 5.74) is 8.56. The van der Waals surface area contributed by atoms with Gasteiger partial charge in [-0.3, -0.25) is 9.69 Å². The molecule has 0 bridgehead atoms. The van der Waals surface area contributed by atoms with Crippen LogP contribution in [0.3, 0.4) is 0 Å². The Morgan fingerprint density at radius 1 is 1.20 bits per heavy atom. The number of anilines is 1. The van der Waals surface area contributed by atoms with Gasteiger partial charge in [0.05, 0.1) is 6.54 Å². The number of hydrogen-bond acceptors (Lipinski definition) is 3. The Kier molecular flexibility index (Phi) is 5.58. The molecular formula is C19H28N4O2. The number of nitrogens with zero attached hydrogens (tertiary/aromatic N) is 2. The molecule has 3 N–H and O–H groups in total. The smallest absolute Gasteiger partial charge is 0.321 e. The van der Waals surface area contributed by atoms with Crippen LogP contribution in [0.2, 0.25) is 0 Å². The zero-order valence-corrected chi connectivity index (χ0v) is 15.0. The highest BCUT2D eigenvalue weighted by molar-refractivity contribution is 5.89. The van der Waals surface area contributed by atoms with Crippen molar-refractivity contribution in [2.24, 2.45) is 11.7 Å². The van der Waals surface area contributed by atoms with Gasteiger partial charge in [-0.25, -0.2) is 4.79 Å². The molecule has 136 valence electrons. The van der Waals surface area contributed by atoms with Crippen LogP contribution in [-0.4, -0.2) is 47.9 Å². The number of amides is 3. The predicted octanol–water partition coefficient (Wildman–Crippen LogP) is 2.18. The number of hydrogen-bond donors (Lipinski definition) is 2. The zero-order valence-electron chi connectivity index (χ0n) is 15.0. The van der Waals surface area contributed by atoms with Gasteiger partial charge in [-0.15, -0.1) is 0 Å². The van der Waals surface area contributed by atoms with Crippen molar-refractivity contribution >= 4 is 17.6 Å². The zero-order chi connectivity index (χ0) is 17.8. The average Bonchev–Trinajstić information content (AvgIpc) is 2.78. The van der Waals surface area contributed by atoms with E-state index in [-0.39, 0.29) is 18.5 Å². The van der Waals surface area contributed by atoms with Gasteiger partial charge in [0.1, 0.15) is 0 Å². The van der Waals surface area contributed by atoms with Gasteiger partial charge in [-0.05, 0) is 54.9 Å². The summed E-state index contributed by atoms with van der Waals surface area (Å²) in [6.45, 7) is 5.72. The lowest BCUT2D eigenvalue weighted by Gasteiger charge is -2.28. The van der Waals surface area contributed by atoms with E-state index in [2.05, 4.69) is 18.3 Å². The first-order valence-corrected chi connectivity index (χ1v) is 9.19. The van der Waals surface area contributed by atoms with E-state index < -0.39 is 0 Å². The quantitative estimate of drug-likeness (QED) is 0.882. The van der Waals surface area contributed by atoms with Gasteiger partial charge >= 0.3 is 6.03 Å². The summed E-state index contributed by atoms with van der Waals surface area (Å²) in [5, 5.41) is 3.04. The molecular weight excluding hydrogens is 316 g/mol. The van der Waals surface area contributed by atoms with E-state index in [1.807, 2.05) is 21.9 Å². The highest BCUT2D eigenvalue weighted by Gasteiger charge is 2.20. The molecule has 25 heavy (non-hydrogen) atoms. The van der Waals surface area contributed by atoms with E-state index in [4.69, 9.17) is 5.73 Å². The van der Waals surface area contributed by atoms with Crippen molar-refractivity contribution in [1.82, 2.24) is 9.80 Å². The molecule has 1 atom stereocenters. The highest BCUT2D eigenvalue weighted by Crippen LogP contribution is 2.23. The molecule has 1 fully saturated rings. The maximum Gasteiger partial charge on any atom is 0.321 e. The summed E-state index contributed by atoms with van der Waals surface area (Å²) in [6.07, 6.45) is 4.24. The Bertz CT molecular complexity index is 646. The summed E-state index contributed by atoms with van der Waals surface area (Å²) < 4.78 is 0. The fourth-order valence-electron chi connectivity index (χ4n) is 3.72. The van der Waals surface area contributed by atoms with Gasteiger partial charge in [0.2, 0.25) is 5.91 Å². The third-order valence-corrected chi connectivity index (χ3v) is 5.23. The minimum Gasteiger partial charge on any atom is -0.369 e. The average molecular weight is 344 g/mol. The van der Waals surface area contributed by atoms with E-state index in [1.54, 1.807) is 0 Å². The topological polar surface area (TPSA) is 78.7 Å². The summed E-state index contributed by atoms with van der Waals surface area (Å²) in [6, 6.07) is 6.07. The number of rotatable bonds is 3. The van der Waals surface area contributed by atoms with Crippen LogP contribution in [0.1, 0.15) is 37.3 Å². The third kappa shape index (κ3) is 4.72. The normalized spacial score (nSPS) is 21.3. The number of nitrogens with two attached hydrogens (primary N) is 1. The lowest BCUT2D eigenvalue weighted by Crippen LogP contribution is -2.37. The fourth-order valence-corrected chi connectivity index (χ4v) is 3.72. The first-order valence-electron chi connectivity index (χ1n) is 9.19. The standard InChI is InChI=1S/C19H28N4O2/c1-14-3-2-8-23(10-6-14)19(25)21-17-5-4-15-7-9-22(13-18(20)24)12-16(15)11-17/h4-5,11,14H,2-3,6-10,12-13H2,1H3,(H2,20,24)(H,21,25)/t14-/m1/s1. The molecule has 0 aliphatic carbocycles. The van der Waals surface area contributed by atoms with Crippen molar-refractivity contribution in [2.45, 2.75) is 39.2 Å². The molecule has 0 spiro atoms. The van der Waals surface area contributed by atoms with E-state index in [0.29, 0.717) is 12.5 Å². The lowest BCUT2D eigenvalue weighted by molar-refractivity contribution is -0.119. The minimum absolute atomic E-state index is 0.0150. The summed E-state index contributed by atoms with van der Waals surface area (Å²) in [5.74, 6) is 0.390. The summed E-state index contributed by atoms with van der Waals surface area (Å²) >= 11 is 0. The second kappa shape index (κ2) is 7.87. The van der Waals surface area contributed by atoms with Gasteiger partial charge in [0, 0.05) is 31.9 Å². The second-order valence-corrected chi connectivity index (χ2v) is 7.36. The monoisotopic (exact) mass is 344 g/mol. The highest BCUT2D eigenvalue weighted by atomic mass is 16.2. The molecule has 6 heteroatoms. The van der Waals surface area contributed by atoms with Crippen molar-refractivity contribution in [3.05, 3.63) is 29.3 Å². The Balaban J connectivity index is 1.63. The number of benzene rings is 1. The predicted molar refractivity (Wildman–Crippen MR) is 98.2 cm³/mol. The molecule has 0 radical (unpaired) electrons. The van der Waals surface area contributed by atoms with E-state index in [1.165, 1.54) is 12.0 Å². The molecule has 3 amide bonds. The number of nitrogens with one attached hydrogen (secondary N) is 1. The van der Waals surface area contributed by atoms with Crippen LogP contribution in [0.15, 0.2) is 18.2 Å². The van der Waals surface area contributed by atoms with Crippen LogP contribution in [-0.2, 0) is 17.8 Å². The summed E-state index contributed by atoms with van der Waals surface area (Å²) in [4.78, 5) is 27.7. The molecule has 0 unspecified atom stereocenters. The van der Waals surface area contributed by atoms with Gasteiger partial charge in [-0.2, -0.15) is 0 Å². The van der Waals surface area contributed by atoms with Gasteiger partial charge < -0.3 is 16.0 Å². The number of likely N-dealkylation sites (tertiary alicyclic amines) is 1.